The Balaban J connectivity index is 2.70. The first-order valence-electron chi connectivity index (χ1n) is 5.75. The SMILES string of the molecule is CCc1c(C)nn(-c2c(F)cc(N)cc2F)c1C. The van der Waals surface area contributed by atoms with Crippen molar-refractivity contribution in [2.45, 2.75) is 27.2 Å². The molecule has 0 spiro atoms. The van der Waals surface area contributed by atoms with Gasteiger partial charge in [-0.25, -0.2) is 13.5 Å². The van der Waals surface area contributed by atoms with Crippen molar-refractivity contribution in [2.24, 2.45) is 0 Å². The fraction of sp³-hybridized carbons (Fsp3) is 0.308. The van der Waals surface area contributed by atoms with E-state index in [2.05, 4.69) is 5.10 Å². The summed E-state index contributed by atoms with van der Waals surface area (Å²) in [6.45, 7) is 5.61. The minimum atomic E-state index is -0.708. The van der Waals surface area contributed by atoms with Crippen molar-refractivity contribution in [3.05, 3.63) is 40.7 Å². The number of hydrogen-bond donors (Lipinski definition) is 1. The van der Waals surface area contributed by atoms with E-state index < -0.39 is 11.6 Å². The summed E-state index contributed by atoms with van der Waals surface area (Å²) in [6, 6.07) is 2.20. The summed E-state index contributed by atoms with van der Waals surface area (Å²) < 4.78 is 29.0. The molecule has 2 N–H and O–H groups in total. The third-order valence-corrected chi connectivity index (χ3v) is 3.05. The Morgan fingerprint density at radius 3 is 2.22 bits per heavy atom. The Bertz CT molecular complexity index is 580. The molecule has 1 heterocycles. The molecule has 1 aromatic carbocycles. The summed E-state index contributed by atoms with van der Waals surface area (Å²) in [5, 5.41) is 4.20. The maximum absolute atomic E-state index is 13.8. The summed E-state index contributed by atoms with van der Waals surface area (Å²) >= 11 is 0. The zero-order chi connectivity index (χ0) is 13.4. The highest BCUT2D eigenvalue weighted by Gasteiger charge is 2.18. The second kappa shape index (κ2) is 4.40. The predicted octanol–water partition coefficient (Wildman–Crippen LogP) is 2.91. The Hall–Kier alpha value is -1.91. The van der Waals surface area contributed by atoms with Gasteiger partial charge in [-0.15, -0.1) is 0 Å². The maximum atomic E-state index is 13.8. The molecule has 3 nitrogen and oxygen atoms in total. The molecule has 0 unspecified atom stereocenters. The molecule has 0 amide bonds. The van der Waals surface area contributed by atoms with E-state index in [-0.39, 0.29) is 11.4 Å². The van der Waals surface area contributed by atoms with Crippen molar-refractivity contribution >= 4 is 5.69 Å². The zero-order valence-electron chi connectivity index (χ0n) is 10.6. The molecule has 1 aromatic heterocycles. The van der Waals surface area contributed by atoms with Crippen molar-refractivity contribution in [1.82, 2.24) is 9.78 Å². The lowest BCUT2D eigenvalue weighted by Crippen LogP contribution is -2.06. The highest BCUT2D eigenvalue weighted by atomic mass is 19.1. The zero-order valence-corrected chi connectivity index (χ0v) is 10.6. The van der Waals surface area contributed by atoms with Gasteiger partial charge in [0.2, 0.25) is 0 Å². The van der Waals surface area contributed by atoms with Crippen molar-refractivity contribution in [2.75, 3.05) is 5.73 Å². The van der Waals surface area contributed by atoms with Crippen molar-refractivity contribution in [3.8, 4) is 5.69 Å². The van der Waals surface area contributed by atoms with Crippen LogP contribution in [0.2, 0.25) is 0 Å². The van der Waals surface area contributed by atoms with Crippen LogP contribution in [0.3, 0.4) is 0 Å². The Labute approximate surface area is 104 Å². The first-order valence-corrected chi connectivity index (χ1v) is 5.75. The molecule has 0 bridgehead atoms. The van der Waals surface area contributed by atoms with Crippen LogP contribution >= 0.6 is 0 Å². The molecule has 96 valence electrons. The Morgan fingerprint density at radius 1 is 1.22 bits per heavy atom. The molecule has 0 saturated carbocycles. The molecule has 5 heteroatoms. The van der Waals surface area contributed by atoms with Gasteiger partial charge in [0.05, 0.1) is 5.69 Å². The van der Waals surface area contributed by atoms with Gasteiger partial charge in [0.15, 0.2) is 11.6 Å². The summed E-state index contributed by atoms with van der Waals surface area (Å²) in [5.41, 5.74) is 7.82. The molecule has 0 radical (unpaired) electrons. The number of aromatic nitrogens is 2. The predicted molar refractivity (Wildman–Crippen MR) is 66.7 cm³/mol. The van der Waals surface area contributed by atoms with Crippen LogP contribution in [0, 0.1) is 25.5 Å². The topological polar surface area (TPSA) is 43.8 Å². The Kier molecular flexibility index (Phi) is 3.07. The number of nitrogen functional groups attached to an aromatic ring is 1. The highest BCUT2D eigenvalue weighted by Crippen LogP contribution is 2.24. The lowest BCUT2D eigenvalue weighted by molar-refractivity contribution is 0.558. The van der Waals surface area contributed by atoms with Crippen LogP contribution in [-0.4, -0.2) is 9.78 Å². The molecular weight excluding hydrogens is 236 g/mol. The number of hydrogen-bond acceptors (Lipinski definition) is 2. The van der Waals surface area contributed by atoms with E-state index in [1.807, 2.05) is 13.8 Å². The number of rotatable bonds is 2. The third kappa shape index (κ3) is 1.85. The second-order valence-corrected chi connectivity index (χ2v) is 4.25. The van der Waals surface area contributed by atoms with Gasteiger partial charge in [-0.2, -0.15) is 5.10 Å². The fourth-order valence-electron chi connectivity index (χ4n) is 2.19. The molecule has 18 heavy (non-hydrogen) atoms. The average Bonchev–Trinajstić information content (AvgIpc) is 2.53. The number of halogens is 2. The van der Waals surface area contributed by atoms with Crippen LogP contribution in [0.5, 0.6) is 0 Å². The van der Waals surface area contributed by atoms with E-state index in [1.165, 1.54) is 4.68 Å². The quantitative estimate of drug-likeness (QED) is 0.834. The monoisotopic (exact) mass is 251 g/mol. The summed E-state index contributed by atoms with van der Waals surface area (Å²) in [7, 11) is 0. The van der Waals surface area contributed by atoms with E-state index >= 15 is 0 Å². The second-order valence-electron chi connectivity index (χ2n) is 4.25. The average molecular weight is 251 g/mol. The van der Waals surface area contributed by atoms with Gasteiger partial charge >= 0.3 is 0 Å². The fourth-order valence-corrected chi connectivity index (χ4v) is 2.19. The number of benzene rings is 1. The largest absolute Gasteiger partial charge is 0.399 e. The minimum absolute atomic E-state index is 0.0611. The lowest BCUT2D eigenvalue weighted by Gasteiger charge is -2.08. The number of anilines is 1. The summed E-state index contributed by atoms with van der Waals surface area (Å²) in [5.74, 6) is -1.42. The summed E-state index contributed by atoms with van der Waals surface area (Å²) in [4.78, 5) is 0. The molecular formula is C13H15F2N3. The third-order valence-electron chi connectivity index (χ3n) is 3.05. The lowest BCUT2D eigenvalue weighted by atomic mass is 10.1. The summed E-state index contributed by atoms with van der Waals surface area (Å²) in [6.07, 6.45) is 0.774. The van der Waals surface area contributed by atoms with E-state index in [1.54, 1.807) is 6.92 Å². The standard InChI is InChI=1S/C13H15F2N3/c1-4-10-7(2)17-18(8(10)3)13-11(14)5-9(16)6-12(13)15/h5-6H,4,16H2,1-3H3. The normalized spacial score (nSPS) is 10.9. The van der Waals surface area contributed by atoms with Crippen LogP contribution in [0.4, 0.5) is 14.5 Å². The van der Waals surface area contributed by atoms with Crippen LogP contribution in [0.15, 0.2) is 12.1 Å². The van der Waals surface area contributed by atoms with Gasteiger partial charge < -0.3 is 5.73 Å². The van der Waals surface area contributed by atoms with Crippen LogP contribution in [0.1, 0.15) is 23.9 Å². The van der Waals surface area contributed by atoms with E-state index in [0.29, 0.717) is 0 Å². The van der Waals surface area contributed by atoms with Gasteiger partial charge in [0.1, 0.15) is 5.69 Å². The molecule has 2 aromatic rings. The maximum Gasteiger partial charge on any atom is 0.153 e. The van der Waals surface area contributed by atoms with Gasteiger partial charge in [0, 0.05) is 11.4 Å². The molecule has 0 aliphatic carbocycles. The number of aryl methyl sites for hydroxylation is 1. The van der Waals surface area contributed by atoms with Crippen molar-refractivity contribution in [3.63, 3.8) is 0 Å². The Morgan fingerprint density at radius 2 is 1.78 bits per heavy atom. The van der Waals surface area contributed by atoms with Gasteiger partial charge in [-0.1, -0.05) is 6.92 Å². The van der Waals surface area contributed by atoms with E-state index in [4.69, 9.17) is 5.73 Å². The van der Waals surface area contributed by atoms with Gasteiger partial charge in [-0.05, 0) is 38.0 Å². The van der Waals surface area contributed by atoms with Crippen molar-refractivity contribution in [1.29, 1.82) is 0 Å². The molecule has 0 saturated heterocycles. The van der Waals surface area contributed by atoms with Crippen molar-refractivity contribution < 1.29 is 8.78 Å². The van der Waals surface area contributed by atoms with Crippen LogP contribution in [-0.2, 0) is 6.42 Å². The van der Waals surface area contributed by atoms with Crippen LogP contribution in [0.25, 0.3) is 5.69 Å². The molecule has 0 fully saturated rings. The highest BCUT2D eigenvalue weighted by molar-refractivity contribution is 5.48. The smallest absolute Gasteiger partial charge is 0.153 e. The van der Waals surface area contributed by atoms with Gasteiger partial charge in [0.25, 0.3) is 0 Å². The minimum Gasteiger partial charge on any atom is -0.399 e. The molecule has 2 rings (SSSR count). The molecule has 0 aliphatic rings. The van der Waals surface area contributed by atoms with Crippen LogP contribution < -0.4 is 5.73 Å². The van der Waals surface area contributed by atoms with E-state index in [9.17, 15) is 8.78 Å². The number of nitrogens with two attached hydrogens (primary N) is 1. The molecule has 0 atom stereocenters. The van der Waals surface area contributed by atoms with Gasteiger partial charge in [-0.3, -0.25) is 0 Å². The van der Waals surface area contributed by atoms with E-state index in [0.717, 1.165) is 35.5 Å². The number of nitrogens with zero attached hydrogens (tertiary/aromatic N) is 2. The first kappa shape index (κ1) is 12.5. The molecule has 0 aliphatic heterocycles. The first-order chi connectivity index (χ1) is 8.45.